The van der Waals surface area contributed by atoms with Gasteiger partial charge >= 0.3 is 5.97 Å². The van der Waals surface area contributed by atoms with Crippen LogP contribution in [0.1, 0.15) is 22.8 Å². The van der Waals surface area contributed by atoms with Gasteiger partial charge in [0, 0.05) is 0 Å². The summed E-state index contributed by atoms with van der Waals surface area (Å²) in [6.45, 7) is 1.85. The molecule has 0 unspecified atom stereocenters. The molecule has 0 bridgehead atoms. The van der Waals surface area contributed by atoms with Gasteiger partial charge in [0.05, 0.1) is 29.6 Å². The lowest BCUT2D eigenvalue weighted by Crippen LogP contribution is -2.21. The third-order valence-electron chi connectivity index (χ3n) is 4.23. The van der Waals surface area contributed by atoms with Crippen molar-refractivity contribution in [1.82, 2.24) is 0 Å². The number of carboxylic acid groups (broad SMARTS) is 1. The number of aromatic carboxylic acids is 1. The number of benzene rings is 2. The highest BCUT2D eigenvalue weighted by molar-refractivity contribution is 6.32. The number of carboxylic acids is 1. The third-order valence-corrected chi connectivity index (χ3v) is 4.23. The number of carbonyl (C=O) groups is 2. The van der Waals surface area contributed by atoms with Crippen LogP contribution in [-0.4, -0.2) is 36.4 Å². The fourth-order valence-electron chi connectivity index (χ4n) is 2.78. The number of hydrogen-bond donors (Lipinski definition) is 1. The van der Waals surface area contributed by atoms with Crippen LogP contribution in [0.4, 0.5) is 5.69 Å². The van der Waals surface area contributed by atoms with Gasteiger partial charge in [0.2, 0.25) is 0 Å². The lowest BCUT2D eigenvalue weighted by Gasteiger charge is -2.12. The van der Waals surface area contributed by atoms with Gasteiger partial charge in [0.1, 0.15) is 6.61 Å². The second-order valence-electron chi connectivity index (χ2n) is 6.12. The molecule has 7 nitrogen and oxygen atoms in total. The number of methoxy groups -OCH3 is 1. The Bertz CT molecular complexity index is 1060. The van der Waals surface area contributed by atoms with E-state index in [1.54, 1.807) is 43.3 Å². The smallest absolute Gasteiger partial charge is 0.335 e. The minimum absolute atomic E-state index is 0.122. The molecule has 146 valence electrons. The fraction of sp³-hybridized carbons (Fsp3) is 0.136. The number of carbonyl (C=O) groups excluding carboxylic acids is 1. The maximum atomic E-state index is 12.9. The maximum Gasteiger partial charge on any atom is 0.335 e. The molecule has 0 saturated heterocycles. The van der Waals surface area contributed by atoms with Crippen LogP contribution in [0.3, 0.4) is 0 Å². The minimum Gasteiger partial charge on any atom is -0.493 e. The molecule has 0 fully saturated rings. The summed E-state index contributed by atoms with van der Waals surface area (Å²) in [5, 5.41) is 14.5. The van der Waals surface area contributed by atoms with Crippen molar-refractivity contribution in [3.05, 3.63) is 59.2 Å². The molecule has 0 aliphatic carbocycles. The number of hydrazone groups is 1. The summed E-state index contributed by atoms with van der Waals surface area (Å²) in [5.74, 6) is 2.06. The molecule has 0 aromatic heterocycles. The molecule has 3 rings (SSSR count). The number of hydrogen-bond acceptors (Lipinski definition) is 5. The monoisotopic (exact) mass is 390 g/mol. The first kappa shape index (κ1) is 19.7. The van der Waals surface area contributed by atoms with E-state index in [-0.39, 0.29) is 18.1 Å². The zero-order chi connectivity index (χ0) is 21.0. The molecular formula is C22H18N2O5. The molecule has 0 spiro atoms. The summed E-state index contributed by atoms with van der Waals surface area (Å²) in [6.07, 6.45) is 6.92. The third kappa shape index (κ3) is 4.12. The molecular weight excluding hydrogens is 372 g/mol. The van der Waals surface area contributed by atoms with E-state index in [2.05, 4.69) is 11.0 Å². The average molecular weight is 390 g/mol. The van der Waals surface area contributed by atoms with Crippen LogP contribution in [0, 0.1) is 12.3 Å². The molecule has 2 aromatic rings. The highest BCUT2D eigenvalue weighted by Crippen LogP contribution is 2.30. The Balaban J connectivity index is 1.87. The molecule has 1 aliphatic heterocycles. The van der Waals surface area contributed by atoms with Crippen molar-refractivity contribution in [1.29, 1.82) is 0 Å². The summed E-state index contributed by atoms with van der Waals surface area (Å²) >= 11 is 0. The molecule has 1 aliphatic rings. The van der Waals surface area contributed by atoms with E-state index in [1.807, 2.05) is 0 Å². The Morgan fingerprint density at radius 2 is 1.97 bits per heavy atom. The quantitative estimate of drug-likeness (QED) is 0.604. The van der Waals surface area contributed by atoms with Gasteiger partial charge in [0.15, 0.2) is 11.5 Å². The first-order chi connectivity index (χ1) is 13.9. The molecule has 0 radical (unpaired) electrons. The maximum absolute atomic E-state index is 12.9. The van der Waals surface area contributed by atoms with Gasteiger partial charge in [-0.15, -0.1) is 6.42 Å². The van der Waals surface area contributed by atoms with Gasteiger partial charge in [-0.3, -0.25) is 4.79 Å². The number of rotatable bonds is 6. The fourth-order valence-corrected chi connectivity index (χ4v) is 2.78. The Kier molecular flexibility index (Phi) is 5.65. The largest absolute Gasteiger partial charge is 0.493 e. The predicted octanol–water partition coefficient (Wildman–Crippen LogP) is 3.21. The second kappa shape index (κ2) is 8.31. The Labute approximate surface area is 167 Å². The highest BCUT2D eigenvalue weighted by Gasteiger charge is 2.28. The van der Waals surface area contributed by atoms with Crippen molar-refractivity contribution in [3.8, 4) is 23.8 Å². The van der Waals surface area contributed by atoms with E-state index in [4.69, 9.17) is 21.0 Å². The van der Waals surface area contributed by atoms with Crippen LogP contribution >= 0.6 is 0 Å². The highest BCUT2D eigenvalue weighted by atomic mass is 16.5. The van der Waals surface area contributed by atoms with Crippen molar-refractivity contribution in [2.75, 3.05) is 18.7 Å². The Morgan fingerprint density at radius 3 is 2.59 bits per heavy atom. The van der Waals surface area contributed by atoms with Crippen LogP contribution in [0.15, 0.2) is 53.1 Å². The molecule has 7 heteroatoms. The molecule has 1 heterocycles. The second-order valence-corrected chi connectivity index (χ2v) is 6.12. The van der Waals surface area contributed by atoms with Gasteiger partial charge in [-0.1, -0.05) is 12.0 Å². The molecule has 1 N–H and O–H groups in total. The normalized spacial score (nSPS) is 14.5. The van der Waals surface area contributed by atoms with Crippen LogP contribution in [0.2, 0.25) is 0 Å². The molecule has 0 saturated carbocycles. The van der Waals surface area contributed by atoms with Crippen LogP contribution < -0.4 is 14.5 Å². The Morgan fingerprint density at radius 1 is 1.24 bits per heavy atom. The topological polar surface area (TPSA) is 88.4 Å². The summed E-state index contributed by atoms with van der Waals surface area (Å²) < 4.78 is 10.7. The van der Waals surface area contributed by atoms with E-state index < -0.39 is 5.97 Å². The summed E-state index contributed by atoms with van der Waals surface area (Å²) in [5.41, 5.74) is 2.32. The van der Waals surface area contributed by atoms with E-state index >= 15 is 0 Å². The zero-order valence-electron chi connectivity index (χ0n) is 15.9. The van der Waals surface area contributed by atoms with Gasteiger partial charge in [-0.2, -0.15) is 10.1 Å². The first-order valence-electron chi connectivity index (χ1n) is 8.64. The average Bonchev–Trinajstić information content (AvgIpc) is 3.01. The number of anilines is 1. The minimum atomic E-state index is -1.03. The van der Waals surface area contributed by atoms with Gasteiger partial charge in [-0.05, 0) is 55.0 Å². The molecule has 2 aromatic carbocycles. The van der Waals surface area contributed by atoms with Gasteiger partial charge in [-0.25, -0.2) is 4.79 Å². The molecule has 29 heavy (non-hydrogen) atoms. The summed E-state index contributed by atoms with van der Waals surface area (Å²) in [4.78, 5) is 23.8. The van der Waals surface area contributed by atoms with E-state index in [0.717, 1.165) is 5.56 Å². The van der Waals surface area contributed by atoms with Crippen molar-refractivity contribution in [2.24, 2.45) is 5.10 Å². The SMILES string of the molecule is C#CCOc1ccc(C=C2C(=O)N(c3ccc(C(=O)O)cc3)N=C2C)cc1OC. The van der Waals surface area contributed by atoms with Crippen molar-refractivity contribution in [2.45, 2.75) is 6.92 Å². The Hall–Kier alpha value is -4.05. The number of nitrogens with zero attached hydrogens (tertiary/aromatic N) is 2. The predicted molar refractivity (Wildman–Crippen MR) is 109 cm³/mol. The summed E-state index contributed by atoms with van der Waals surface area (Å²) in [7, 11) is 1.52. The van der Waals surface area contributed by atoms with Gasteiger partial charge < -0.3 is 14.6 Å². The number of amides is 1. The van der Waals surface area contributed by atoms with Crippen molar-refractivity contribution in [3.63, 3.8) is 0 Å². The van der Waals surface area contributed by atoms with Crippen molar-refractivity contribution >= 4 is 29.4 Å². The summed E-state index contributed by atoms with van der Waals surface area (Å²) in [6, 6.07) is 11.2. The van der Waals surface area contributed by atoms with E-state index in [0.29, 0.717) is 28.5 Å². The lowest BCUT2D eigenvalue weighted by atomic mass is 10.1. The van der Waals surface area contributed by atoms with E-state index in [9.17, 15) is 9.59 Å². The van der Waals surface area contributed by atoms with Gasteiger partial charge in [0.25, 0.3) is 5.91 Å². The van der Waals surface area contributed by atoms with E-state index in [1.165, 1.54) is 24.3 Å². The zero-order valence-corrected chi connectivity index (χ0v) is 15.9. The van der Waals surface area contributed by atoms with Crippen LogP contribution in [0.5, 0.6) is 11.5 Å². The molecule has 1 amide bonds. The van der Waals surface area contributed by atoms with Crippen LogP contribution in [-0.2, 0) is 4.79 Å². The van der Waals surface area contributed by atoms with Crippen molar-refractivity contribution < 1.29 is 24.2 Å². The van der Waals surface area contributed by atoms with Crippen LogP contribution in [0.25, 0.3) is 6.08 Å². The number of terminal acetylenes is 1. The molecule has 0 atom stereocenters. The standard InChI is InChI=1S/C22H18N2O5/c1-4-11-29-19-10-5-15(13-20(19)28-3)12-18-14(2)23-24(21(18)25)17-8-6-16(7-9-17)22(26)27/h1,5-10,12-13H,11H2,2-3H3,(H,26,27). The lowest BCUT2D eigenvalue weighted by molar-refractivity contribution is -0.114. The first-order valence-corrected chi connectivity index (χ1v) is 8.64. The number of ether oxygens (including phenoxy) is 2.